The van der Waals surface area contributed by atoms with Crippen LogP contribution < -0.4 is 5.32 Å². The third kappa shape index (κ3) is 4.20. The summed E-state index contributed by atoms with van der Waals surface area (Å²) < 4.78 is 38.4. The quantitative estimate of drug-likeness (QED) is 0.876. The molecule has 1 atom stereocenters. The molecule has 7 heteroatoms. The molecular weight excluding hydrogens is 321 g/mol. The fraction of sp³-hybridized carbons (Fsp3) is 0.588. The van der Waals surface area contributed by atoms with Crippen LogP contribution in [-0.2, 0) is 0 Å². The Morgan fingerprint density at radius 2 is 1.88 bits per heavy atom. The van der Waals surface area contributed by atoms with Gasteiger partial charge >= 0.3 is 12.2 Å². The smallest absolute Gasteiger partial charge is 0.380 e. The van der Waals surface area contributed by atoms with Crippen LogP contribution in [0.15, 0.2) is 30.3 Å². The summed E-state index contributed by atoms with van der Waals surface area (Å²) >= 11 is 0. The number of urea groups is 1. The first-order chi connectivity index (χ1) is 11.3. The van der Waals surface area contributed by atoms with E-state index >= 15 is 0 Å². The minimum atomic E-state index is -4.66. The van der Waals surface area contributed by atoms with Crippen LogP contribution in [0.4, 0.5) is 18.0 Å². The monoisotopic (exact) mass is 344 g/mol. The van der Waals surface area contributed by atoms with E-state index in [9.17, 15) is 23.1 Å². The van der Waals surface area contributed by atoms with Gasteiger partial charge in [0, 0.05) is 25.9 Å². The average Bonchev–Trinajstić information content (AvgIpc) is 2.55. The van der Waals surface area contributed by atoms with Crippen molar-refractivity contribution in [3.8, 4) is 0 Å². The maximum atomic E-state index is 12.8. The van der Waals surface area contributed by atoms with Crippen LogP contribution in [0.2, 0.25) is 0 Å². The Hall–Kier alpha value is -1.76. The zero-order valence-electron chi connectivity index (χ0n) is 13.6. The van der Waals surface area contributed by atoms with Crippen molar-refractivity contribution < 1.29 is 23.1 Å². The Labute approximate surface area is 139 Å². The number of alkyl halides is 3. The second kappa shape index (κ2) is 7.42. The third-order valence-corrected chi connectivity index (χ3v) is 4.48. The third-order valence-electron chi connectivity index (χ3n) is 4.48. The number of aliphatic hydroxyl groups is 1. The van der Waals surface area contributed by atoms with Crippen molar-refractivity contribution in [1.29, 1.82) is 0 Å². The van der Waals surface area contributed by atoms with Gasteiger partial charge in [-0.25, -0.2) is 4.79 Å². The minimum absolute atomic E-state index is 0.116. The second-order valence-corrected chi connectivity index (χ2v) is 6.22. The van der Waals surface area contributed by atoms with Gasteiger partial charge in [0.05, 0.1) is 6.04 Å². The van der Waals surface area contributed by atoms with E-state index in [4.69, 9.17) is 0 Å². The number of halogens is 3. The van der Waals surface area contributed by atoms with E-state index in [1.165, 1.54) is 4.90 Å². The number of hydrogen-bond acceptors (Lipinski definition) is 2. The highest BCUT2D eigenvalue weighted by Gasteiger charge is 2.54. The predicted molar refractivity (Wildman–Crippen MR) is 84.4 cm³/mol. The van der Waals surface area contributed by atoms with Gasteiger partial charge in [0.15, 0.2) is 5.60 Å². The number of rotatable bonds is 4. The Kier molecular flexibility index (Phi) is 5.74. The predicted octanol–water partition coefficient (Wildman–Crippen LogP) is 3.63. The van der Waals surface area contributed by atoms with Crippen LogP contribution in [0.1, 0.15) is 44.2 Å². The van der Waals surface area contributed by atoms with Gasteiger partial charge in [-0.3, -0.25) is 0 Å². The first kappa shape index (κ1) is 18.6. The van der Waals surface area contributed by atoms with E-state index in [0.717, 1.165) is 18.4 Å². The fourth-order valence-corrected chi connectivity index (χ4v) is 2.90. The van der Waals surface area contributed by atoms with Gasteiger partial charge in [0.2, 0.25) is 0 Å². The molecule has 24 heavy (non-hydrogen) atoms. The number of nitrogens with one attached hydrogen (secondary N) is 1. The van der Waals surface area contributed by atoms with Crippen LogP contribution in [0.3, 0.4) is 0 Å². The summed E-state index contributed by atoms with van der Waals surface area (Å²) in [4.78, 5) is 13.7. The lowest BCUT2D eigenvalue weighted by Gasteiger charge is -2.39. The number of benzene rings is 1. The zero-order chi connectivity index (χ0) is 17.8. The highest BCUT2D eigenvalue weighted by molar-refractivity contribution is 5.74. The second-order valence-electron chi connectivity index (χ2n) is 6.22. The topological polar surface area (TPSA) is 52.6 Å². The SMILES string of the molecule is CCC[C@H](NC(=O)N1CCC(O)(C(F)(F)F)CC1)c1ccccc1. The summed E-state index contributed by atoms with van der Waals surface area (Å²) in [5.41, 5.74) is -1.72. The average molecular weight is 344 g/mol. The maximum absolute atomic E-state index is 12.8. The van der Waals surface area contributed by atoms with E-state index in [1.54, 1.807) is 0 Å². The molecule has 0 aliphatic carbocycles. The summed E-state index contributed by atoms with van der Waals surface area (Å²) in [5, 5.41) is 12.6. The van der Waals surface area contributed by atoms with Crippen LogP contribution in [-0.4, -0.2) is 40.9 Å². The number of nitrogens with zero attached hydrogens (tertiary/aromatic N) is 1. The molecule has 0 bridgehead atoms. The molecule has 0 aromatic heterocycles. The molecule has 1 saturated heterocycles. The molecule has 1 aromatic carbocycles. The van der Waals surface area contributed by atoms with Crippen LogP contribution in [0.5, 0.6) is 0 Å². The van der Waals surface area contributed by atoms with Crippen molar-refractivity contribution in [1.82, 2.24) is 10.2 Å². The largest absolute Gasteiger partial charge is 0.417 e. The molecule has 1 fully saturated rings. The van der Waals surface area contributed by atoms with Gasteiger partial charge in [-0.05, 0) is 12.0 Å². The highest BCUT2D eigenvalue weighted by atomic mass is 19.4. The molecule has 1 heterocycles. The Morgan fingerprint density at radius 1 is 1.29 bits per heavy atom. The molecule has 0 radical (unpaired) electrons. The number of amides is 2. The maximum Gasteiger partial charge on any atom is 0.417 e. The number of carbonyl (C=O) groups is 1. The van der Waals surface area contributed by atoms with Crippen LogP contribution in [0.25, 0.3) is 0 Å². The minimum Gasteiger partial charge on any atom is -0.380 e. The number of hydrogen-bond donors (Lipinski definition) is 2. The molecule has 0 spiro atoms. The molecule has 1 aliphatic rings. The van der Waals surface area contributed by atoms with Crippen molar-refractivity contribution in [2.24, 2.45) is 0 Å². The molecule has 2 amide bonds. The standard InChI is InChI=1S/C17H23F3N2O2/c1-2-6-14(13-7-4-3-5-8-13)21-15(23)22-11-9-16(24,10-12-22)17(18,19)20/h3-5,7-8,14,24H,2,6,9-12H2,1H3,(H,21,23)/t14-/m0/s1. The summed E-state index contributed by atoms with van der Waals surface area (Å²) in [6, 6.07) is 8.92. The van der Waals surface area contributed by atoms with Crippen molar-refractivity contribution in [3.05, 3.63) is 35.9 Å². The van der Waals surface area contributed by atoms with Gasteiger partial charge in [0.1, 0.15) is 0 Å². The van der Waals surface area contributed by atoms with E-state index in [-0.39, 0.29) is 25.2 Å². The Balaban J connectivity index is 1.97. The number of likely N-dealkylation sites (tertiary alicyclic amines) is 1. The van der Waals surface area contributed by atoms with Gasteiger partial charge in [-0.2, -0.15) is 13.2 Å². The van der Waals surface area contributed by atoms with Crippen molar-refractivity contribution in [2.75, 3.05) is 13.1 Å². The molecule has 1 aromatic rings. The summed E-state index contributed by atoms with van der Waals surface area (Å²) in [7, 11) is 0. The lowest BCUT2D eigenvalue weighted by atomic mass is 9.91. The van der Waals surface area contributed by atoms with Gasteiger partial charge in [0.25, 0.3) is 0 Å². The molecular formula is C17H23F3N2O2. The first-order valence-electron chi connectivity index (χ1n) is 8.16. The Morgan fingerprint density at radius 3 is 2.38 bits per heavy atom. The number of piperidine rings is 1. The lowest BCUT2D eigenvalue weighted by Crippen LogP contribution is -2.56. The summed E-state index contributed by atoms with van der Waals surface area (Å²) in [6.45, 7) is 1.78. The molecule has 0 saturated carbocycles. The summed E-state index contributed by atoms with van der Waals surface area (Å²) in [6.07, 6.45) is -4.03. The zero-order valence-corrected chi connectivity index (χ0v) is 13.6. The van der Waals surface area contributed by atoms with Crippen LogP contribution >= 0.6 is 0 Å². The Bertz CT molecular complexity index is 541. The normalized spacial score (nSPS) is 19.0. The van der Waals surface area contributed by atoms with Crippen LogP contribution in [0, 0.1) is 0 Å². The molecule has 4 nitrogen and oxygen atoms in total. The van der Waals surface area contributed by atoms with Gasteiger partial charge < -0.3 is 15.3 Å². The highest BCUT2D eigenvalue weighted by Crippen LogP contribution is 2.38. The fourth-order valence-electron chi connectivity index (χ4n) is 2.90. The molecule has 1 aliphatic heterocycles. The van der Waals surface area contributed by atoms with Crippen molar-refractivity contribution >= 4 is 6.03 Å². The molecule has 2 N–H and O–H groups in total. The molecule has 134 valence electrons. The number of carbonyl (C=O) groups excluding carboxylic acids is 1. The lowest BCUT2D eigenvalue weighted by molar-refractivity contribution is -0.271. The van der Waals surface area contributed by atoms with E-state index in [1.807, 2.05) is 37.3 Å². The summed E-state index contributed by atoms with van der Waals surface area (Å²) in [5.74, 6) is 0. The molecule has 0 unspecified atom stereocenters. The first-order valence-corrected chi connectivity index (χ1v) is 8.16. The van der Waals surface area contributed by atoms with E-state index in [0.29, 0.717) is 0 Å². The van der Waals surface area contributed by atoms with Gasteiger partial charge in [-0.15, -0.1) is 0 Å². The van der Waals surface area contributed by atoms with Crippen molar-refractivity contribution in [3.63, 3.8) is 0 Å². The van der Waals surface area contributed by atoms with Crippen molar-refractivity contribution in [2.45, 2.75) is 50.4 Å². The van der Waals surface area contributed by atoms with E-state index in [2.05, 4.69) is 5.32 Å². The van der Waals surface area contributed by atoms with E-state index < -0.39 is 24.6 Å². The van der Waals surface area contributed by atoms with Gasteiger partial charge in [-0.1, -0.05) is 43.7 Å². The molecule has 2 rings (SSSR count).